The number of carbonyl (C=O) groups is 1. The Bertz CT molecular complexity index is 748. The summed E-state index contributed by atoms with van der Waals surface area (Å²) in [6.45, 7) is 4.70. The maximum absolute atomic E-state index is 12.2. The monoisotopic (exact) mass is 376 g/mol. The number of hydrogen-bond acceptors (Lipinski definition) is 3. The van der Waals surface area contributed by atoms with Gasteiger partial charge in [0.1, 0.15) is 5.75 Å². The predicted molar refractivity (Wildman–Crippen MR) is 107 cm³/mol. The fourth-order valence-electron chi connectivity index (χ4n) is 2.05. The molecule has 132 valence electrons. The van der Waals surface area contributed by atoms with Crippen LogP contribution in [-0.4, -0.2) is 17.6 Å². The lowest BCUT2D eigenvalue weighted by molar-refractivity contribution is 0.0977. The zero-order valence-corrected chi connectivity index (χ0v) is 15.8. The molecule has 0 aliphatic carbocycles. The van der Waals surface area contributed by atoms with Gasteiger partial charge >= 0.3 is 0 Å². The van der Waals surface area contributed by atoms with Crippen molar-refractivity contribution in [2.75, 3.05) is 11.9 Å². The van der Waals surface area contributed by atoms with Gasteiger partial charge < -0.3 is 10.1 Å². The molecule has 2 aromatic rings. The fraction of sp³-hybridized carbons (Fsp3) is 0.263. The van der Waals surface area contributed by atoms with Crippen molar-refractivity contribution in [1.29, 1.82) is 0 Å². The fourth-order valence-corrected chi connectivity index (χ4v) is 2.44. The van der Waals surface area contributed by atoms with Gasteiger partial charge in [-0.15, -0.1) is 0 Å². The van der Waals surface area contributed by atoms with Crippen LogP contribution in [0.1, 0.15) is 35.7 Å². The topological polar surface area (TPSA) is 50.4 Å². The summed E-state index contributed by atoms with van der Waals surface area (Å²) < 4.78 is 5.58. The molecule has 0 aromatic heterocycles. The first-order valence-electron chi connectivity index (χ1n) is 8.11. The van der Waals surface area contributed by atoms with Gasteiger partial charge in [-0.25, -0.2) is 0 Å². The third-order valence-electron chi connectivity index (χ3n) is 3.54. The molecule has 2 N–H and O–H groups in total. The number of unbranched alkanes of at least 4 members (excludes halogenated alkanes) is 1. The lowest BCUT2D eigenvalue weighted by Gasteiger charge is -2.11. The van der Waals surface area contributed by atoms with Gasteiger partial charge in [0.05, 0.1) is 6.61 Å². The van der Waals surface area contributed by atoms with Gasteiger partial charge in [0.25, 0.3) is 5.91 Å². The minimum atomic E-state index is -0.282. The number of nitrogens with one attached hydrogen (secondary N) is 2. The molecular formula is C19H21ClN2O2S. The summed E-state index contributed by atoms with van der Waals surface area (Å²) in [5.74, 6) is 0.468. The Hall–Kier alpha value is -2.11. The molecule has 4 nitrogen and oxygen atoms in total. The standard InChI is InChI=1S/C19H21ClN2O2S/c1-3-4-11-24-16-9-6-14(7-10-16)18(23)22-19(25)21-15-8-5-13(2)17(20)12-15/h5-10,12H,3-4,11H2,1-2H3,(H2,21,22,23,25). The second-order valence-corrected chi connectivity index (χ2v) is 6.41. The van der Waals surface area contributed by atoms with E-state index in [0.717, 1.165) is 29.8 Å². The van der Waals surface area contributed by atoms with Crippen molar-refractivity contribution < 1.29 is 9.53 Å². The first kappa shape index (κ1) is 19.2. The summed E-state index contributed by atoms with van der Waals surface area (Å²) in [5, 5.41) is 6.45. The van der Waals surface area contributed by atoms with Crippen LogP contribution in [0, 0.1) is 6.92 Å². The molecule has 1 amide bonds. The van der Waals surface area contributed by atoms with Crippen LogP contribution in [0.3, 0.4) is 0 Å². The number of carbonyl (C=O) groups excluding carboxylic acids is 1. The number of ether oxygens (including phenoxy) is 1. The third-order valence-corrected chi connectivity index (χ3v) is 4.15. The van der Waals surface area contributed by atoms with E-state index in [2.05, 4.69) is 17.6 Å². The van der Waals surface area contributed by atoms with Crippen LogP contribution in [0.2, 0.25) is 5.02 Å². The van der Waals surface area contributed by atoms with Crippen molar-refractivity contribution in [1.82, 2.24) is 5.32 Å². The molecule has 0 spiro atoms. The van der Waals surface area contributed by atoms with E-state index in [1.54, 1.807) is 30.3 Å². The van der Waals surface area contributed by atoms with Gasteiger partial charge in [-0.2, -0.15) is 0 Å². The van der Waals surface area contributed by atoms with Crippen LogP contribution in [0.4, 0.5) is 5.69 Å². The zero-order valence-electron chi connectivity index (χ0n) is 14.3. The Balaban J connectivity index is 1.89. The Morgan fingerprint density at radius 1 is 1.20 bits per heavy atom. The second-order valence-electron chi connectivity index (χ2n) is 5.60. The Labute approximate surface area is 158 Å². The molecule has 0 heterocycles. The number of benzene rings is 2. The molecule has 0 fully saturated rings. The summed E-state index contributed by atoms with van der Waals surface area (Å²) in [7, 11) is 0. The van der Waals surface area contributed by atoms with E-state index in [0.29, 0.717) is 17.2 Å². The van der Waals surface area contributed by atoms with Crippen molar-refractivity contribution in [2.24, 2.45) is 0 Å². The van der Waals surface area contributed by atoms with Crippen LogP contribution in [0.15, 0.2) is 42.5 Å². The molecule has 25 heavy (non-hydrogen) atoms. The molecule has 0 unspecified atom stereocenters. The van der Waals surface area contributed by atoms with Crippen molar-refractivity contribution in [3.8, 4) is 5.75 Å². The molecule has 0 saturated carbocycles. The summed E-state index contributed by atoms with van der Waals surface area (Å²) in [4.78, 5) is 12.2. The molecule has 0 aliphatic heterocycles. The predicted octanol–water partition coefficient (Wildman–Crippen LogP) is 4.95. The molecule has 0 atom stereocenters. The lowest BCUT2D eigenvalue weighted by Crippen LogP contribution is -2.34. The van der Waals surface area contributed by atoms with Gasteiger partial charge in [0.2, 0.25) is 0 Å². The van der Waals surface area contributed by atoms with Crippen molar-refractivity contribution in [3.05, 3.63) is 58.6 Å². The van der Waals surface area contributed by atoms with Crippen LogP contribution in [0.5, 0.6) is 5.75 Å². The normalized spacial score (nSPS) is 10.2. The number of rotatable bonds is 6. The number of aryl methyl sites for hydroxylation is 1. The number of halogens is 1. The number of hydrogen-bond donors (Lipinski definition) is 2. The van der Waals surface area contributed by atoms with E-state index < -0.39 is 0 Å². The van der Waals surface area contributed by atoms with Crippen molar-refractivity contribution in [2.45, 2.75) is 26.7 Å². The van der Waals surface area contributed by atoms with E-state index in [-0.39, 0.29) is 11.0 Å². The molecular weight excluding hydrogens is 356 g/mol. The number of thiocarbonyl (C=S) groups is 1. The average Bonchev–Trinajstić information content (AvgIpc) is 2.59. The van der Waals surface area contributed by atoms with E-state index in [1.165, 1.54) is 0 Å². The van der Waals surface area contributed by atoms with E-state index in [4.69, 9.17) is 28.6 Å². The first-order valence-corrected chi connectivity index (χ1v) is 8.89. The minimum Gasteiger partial charge on any atom is -0.494 e. The first-order chi connectivity index (χ1) is 12.0. The van der Waals surface area contributed by atoms with E-state index in [9.17, 15) is 4.79 Å². The molecule has 0 aliphatic rings. The molecule has 0 saturated heterocycles. The average molecular weight is 377 g/mol. The number of amides is 1. The highest BCUT2D eigenvalue weighted by Gasteiger charge is 2.09. The van der Waals surface area contributed by atoms with Crippen LogP contribution in [-0.2, 0) is 0 Å². The smallest absolute Gasteiger partial charge is 0.257 e. The summed E-state index contributed by atoms with van der Waals surface area (Å²) in [6, 6.07) is 12.5. The SMILES string of the molecule is CCCCOc1ccc(C(=O)NC(=S)Nc2ccc(C)c(Cl)c2)cc1. The highest BCUT2D eigenvalue weighted by atomic mass is 35.5. The maximum atomic E-state index is 12.2. The van der Waals surface area contributed by atoms with Gasteiger partial charge in [-0.05, 0) is 67.5 Å². The second kappa shape index (κ2) is 9.39. The number of anilines is 1. The molecule has 2 aromatic carbocycles. The highest BCUT2D eigenvalue weighted by Crippen LogP contribution is 2.20. The largest absolute Gasteiger partial charge is 0.494 e. The minimum absolute atomic E-state index is 0.216. The van der Waals surface area contributed by atoms with Crippen LogP contribution < -0.4 is 15.4 Å². The van der Waals surface area contributed by atoms with Crippen LogP contribution in [0.25, 0.3) is 0 Å². The molecule has 0 radical (unpaired) electrons. The summed E-state index contributed by atoms with van der Waals surface area (Å²) in [6.07, 6.45) is 2.09. The van der Waals surface area contributed by atoms with Crippen molar-refractivity contribution in [3.63, 3.8) is 0 Å². The van der Waals surface area contributed by atoms with Crippen LogP contribution >= 0.6 is 23.8 Å². The zero-order chi connectivity index (χ0) is 18.2. The quantitative estimate of drug-likeness (QED) is 0.553. The van der Waals surface area contributed by atoms with Gasteiger partial charge in [0, 0.05) is 16.3 Å². The van der Waals surface area contributed by atoms with Gasteiger partial charge in [-0.1, -0.05) is 31.0 Å². The highest BCUT2D eigenvalue weighted by molar-refractivity contribution is 7.80. The Morgan fingerprint density at radius 3 is 2.56 bits per heavy atom. The lowest BCUT2D eigenvalue weighted by atomic mass is 10.2. The Morgan fingerprint density at radius 2 is 1.92 bits per heavy atom. The Kier molecular flexibility index (Phi) is 7.22. The summed E-state index contributed by atoms with van der Waals surface area (Å²) in [5.41, 5.74) is 2.21. The van der Waals surface area contributed by atoms with E-state index >= 15 is 0 Å². The molecule has 0 bridgehead atoms. The van der Waals surface area contributed by atoms with Crippen molar-refractivity contribution >= 4 is 40.5 Å². The van der Waals surface area contributed by atoms with Gasteiger partial charge in [0.15, 0.2) is 5.11 Å². The third kappa shape index (κ3) is 6.03. The molecule has 6 heteroatoms. The molecule has 2 rings (SSSR count). The van der Waals surface area contributed by atoms with E-state index in [1.807, 2.05) is 19.1 Å². The summed E-state index contributed by atoms with van der Waals surface area (Å²) >= 11 is 11.3. The van der Waals surface area contributed by atoms with Gasteiger partial charge in [-0.3, -0.25) is 10.1 Å². The maximum Gasteiger partial charge on any atom is 0.257 e.